The molecule has 7 nitrogen and oxygen atoms in total. The minimum absolute atomic E-state index is 0.0355. The molecule has 0 bridgehead atoms. The van der Waals surface area contributed by atoms with E-state index in [4.69, 9.17) is 4.74 Å². The second kappa shape index (κ2) is 5.83. The van der Waals surface area contributed by atoms with Gasteiger partial charge >= 0.3 is 5.97 Å². The van der Waals surface area contributed by atoms with Crippen LogP contribution >= 0.6 is 0 Å². The number of hydrogen-bond donors (Lipinski definition) is 1. The number of hydrazone groups is 1. The third-order valence-electron chi connectivity index (χ3n) is 4.02. The lowest BCUT2D eigenvalue weighted by molar-refractivity contribution is -0.136. The normalized spacial score (nSPS) is 22.7. The molecular weight excluding hydrogens is 298 g/mol. The van der Waals surface area contributed by atoms with Crippen molar-refractivity contribution in [2.75, 3.05) is 11.5 Å². The number of esters is 1. The fourth-order valence-corrected chi connectivity index (χ4v) is 2.93. The van der Waals surface area contributed by atoms with Gasteiger partial charge in [0, 0.05) is 0 Å². The van der Waals surface area contributed by atoms with E-state index < -0.39 is 29.7 Å². The van der Waals surface area contributed by atoms with E-state index in [2.05, 4.69) is 10.5 Å². The number of amides is 2. The van der Waals surface area contributed by atoms with Crippen LogP contribution in [-0.4, -0.2) is 36.1 Å². The van der Waals surface area contributed by atoms with Crippen LogP contribution < -0.4 is 10.3 Å². The van der Waals surface area contributed by atoms with E-state index in [9.17, 15) is 14.4 Å². The standard InChI is InChI=1S/C16H17N3O4/c1-3-9-7-5-6-8-10(9)19-14(20)11-12(15(19)21)17-18-13(11)16(22)23-4-2/h5-8,11-12,17H,3-4H2,1-2H3/t11-,12-/m1/s1. The molecule has 2 atom stereocenters. The van der Waals surface area contributed by atoms with E-state index in [0.717, 1.165) is 10.5 Å². The molecule has 0 radical (unpaired) electrons. The minimum Gasteiger partial charge on any atom is -0.461 e. The summed E-state index contributed by atoms with van der Waals surface area (Å²) >= 11 is 0. The fourth-order valence-electron chi connectivity index (χ4n) is 2.93. The molecule has 1 aromatic rings. The summed E-state index contributed by atoms with van der Waals surface area (Å²) in [6.45, 7) is 3.80. The summed E-state index contributed by atoms with van der Waals surface area (Å²) < 4.78 is 4.91. The Kier molecular flexibility index (Phi) is 3.85. The zero-order valence-electron chi connectivity index (χ0n) is 12.9. The van der Waals surface area contributed by atoms with Gasteiger partial charge in [-0.3, -0.25) is 15.0 Å². The zero-order valence-corrected chi connectivity index (χ0v) is 12.9. The van der Waals surface area contributed by atoms with Crippen LogP contribution in [0.3, 0.4) is 0 Å². The number of fused-ring (bicyclic) bond motifs is 1. The van der Waals surface area contributed by atoms with Gasteiger partial charge in [0.05, 0.1) is 12.3 Å². The first kappa shape index (κ1) is 15.2. The molecule has 1 aromatic carbocycles. The van der Waals surface area contributed by atoms with E-state index in [1.165, 1.54) is 0 Å². The van der Waals surface area contributed by atoms with Gasteiger partial charge in [-0.05, 0) is 25.0 Å². The Labute approximate surface area is 133 Å². The minimum atomic E-state index is -0.925. The number of carbonyl (C=O) groups is 3. The fraction of sp³-hybridized carbons (Fsp3) is 0.375. The van der Waals surface area contributed by atoms with Crippen molar-refractivity contribution in [1.29, 1.82) is 0 Å². The lowest BCUT2D eigenvalue weighted by Gasteiger charge is -2.18. The van der Waals surface area contributed by atoms with Gasteiger partial charge < -0.3 is 4.74 Å². The average Bonchev–Trinajstić information content (AvgIpc) is 3.09. The summed E-state index contributed by atoms with van der Waals surface area (Å²) in [6.07, 6.45) is 0.689. The first-order chi connectivity index (χ1) is 11.1. The number of rotatable bonds is 4. The molecule has 0 aromatic heterocycles. The molecule has 2 aliphatic heterocycles. The van der Waals surface area contributed by atoms with Gasteiger partial charge in [-0.1, -0.05) is 25.1 Å². The lowest BCUT2D eigenvalue weighted by atomic mass is 9.99. The molecule has 0 unspecified atom stereocenters. The molecule has 0 saturated carbocycles. The molecule has 2 heterocycles. The van der Waals surface area contributed by atoms with Crippen molar-refractivity contribution in [1.82, 2.24) is 5.43 Å². The van der Waals surface area contributed by atoms with E-state index in [1.54, 1.807) is 19.1 Å². The lowest BCUT2D eigenvalue weighted by Crippen LogP contribution is -2.36. The van der Waals surface area contributed by atoms with Crippen LogP contribution in [0.2, 0.25) is 0 Å². The van der Waals surface area contributed by atoms with Gasteiger partial charge in [-0.15, -0.1) is 0 Å². The molecule has 1 fully saturated rings. The molecule has 2 amide bonds. The molecular formula is C16H17N3O4. The van der Waals surface area contributed by atoms with Crippen molar-refractivity contribution in [3.8, 4) is 0 Å². The Hall–Kier alpha value is -2.70. The van der Waals surface area contributed by atoms with Crippen molar-refractivity contribution in [3.05, 3.63) is 29.8 Å². The van der Waals surface area contributed by atoms with Gasteiger partial charge in [-0.25, -0.2) is 9.69 Å². The second-order valence-electron chi connectivity index (χ2n) is 5.30. The highest BCUT2D eigenvalue weighted by molar-refractivity contribution is 6.46. The summed E-state index contributed by atoms with van der Waals surface area (Å²) in [4.78, 5) is 38.5. The van der Waals surface area contributed by atoms with Crippen molar-refractivity contribution in [2.24, 2.45) is 11.0 Å². The first-order valence-corrected chi connectivity index (χ1v) is 7.56. The van der Waals surface area contributed by atoms with Gasteiger partial charge in [0.15, 0.2) is 5.71 Å². The highest BCUT2D eigenvalue weighted by Gasteiger charge is 2.56. The van der Waals surface area contributed by atoms with Gasteiger partial charge in [0.25, 0.3) is 5.91 Å². The number of ether oxygens (including phenoxy) is 1. The van der Waals surface area contributed by atoms with Crippen molar-refractivity contribution >= 4 is 29.2 Å². The predicted octanol–water partition coefficient (Wildman–Crippen LogP) is 0.629. The van der Waals surface area contributed by atoms with Crippen LogP contribution in [-0.2, 0) is 25.5 Å². The molecule has 7 heteroatoms. The van der Waals surface area contributed by atoms with E-state index >= 15 is 0 Å². The number of para-hydroxylation sites is 1. The molecule has 120 valence electrons. The smallest absolute Gasteiger partial charge is 0.355 e. The van der Waals surface area contributed by atoms with Gasteiger partial charge in [0.1, 0.15) is 12.0 Å². The molecule has 1 N–H and O–H groups in total. The highest BCUT2D eigenvalue weighted by atomic mass is 16.5. The summed E-state index contributed by atoms with van der Waals surface area (Å²) in [7, 11) is 0. The number of nitrogens with zero attached hydrogens (tertiary/aromatic N) is 2. The third-order valence-corrected chi connectivity index (χ3v) is 4.02. The van der Waals surface area contributed by atoms with Gasteiger partial charge in [0.2, 0.25) is 5.91 Å². The monoisotopic (exact) mass is 315 g/mol. The SMILES string of the molecule is CCOC(=O)C1=NN[C@H]2C(=O)N(c3ccccc3CC)C(=O)[C@@H]12. The van der Waals surface area contributed by atoms with Gasteiger partial charge in [-0.2, -0.15) is 5.10 Å². The predicted molar refractivity (Wildman–Crippen MR) is 82.8 cm³/mol. The number of carbonyl (C=O) groups excluding carboxylic acids is 3. The topological polar surface area (TPSA) is 88.1 Å². The summed E-state index contributed by atoms with van der Waals surface area (Å²) in [5, 5.41) is 3.83. The van der Waals surface area contributed by atoms with Crippen molar-refractivity contribution < 1.29 is 19.1 Å². The Morgan fingerprint density at radius 1 is 1.26 bits per heavy atom. The van der Waals surface area contributed by atoms with Crippen molar-refractivity contribution in [2.45, 2.75) is 26.3 Å². The highest BCUT2D eigenvalue weighted by Crippen LogP contribution is 2.32. The van der Waals surface area contributed by atoms with Crippen LogP contribution in [0, 0.1) is 5.92 Å². The maximum Gasteiger partial charge on any atom is 0.355 e. The first-order valence-electron chi connectivity index (χ1n) is 7.56. The Morgan fingerprint density at radius 2 is 2.00 bits per heavy atom. The Balaban J connectivity index is 1.96. The number of anilines is 1. The summed E-state index contributed by atoms with van der Waals surface area (Å²) in [5.74, 6) is -2.44. The van der Waals surface area contributed by atoms with Crippen LogP contribution in [0.25, 0.3) is 0 Å². The molecule has 0 spiro atoms. The third kappa shape index (κ3) is 2.28. The van der Waals surface area contributed by atoms with Crippen LogP contribution in [0.4, 0.5) is 5.69 Å². The maximum atomic E-state index is 12.8. The van der Waals surface area contributed by atoms with Crippen LogP contribution in [0.1, 0.15) is 19.4 Å². The van der Waals surface area contributed by atoms with Crippen LogP contribution in [0.15, 0.2) is 29.4 Å². The Bertz CT molecular complexity index is 713. The van der Waals surface area contributed by atoms with Crippen LogP contribution in [0.5, 0.6) is 0 Å². The Morgan fingerprint density at radius 3 is 2.70 bits per heavy atom. The molecule has 1 saturated heterocycles. The van der Waals surface area contributed by atoms with E-state index in [0.29, 0.717) is 12.1 Å². The zero-order chi connectivity index (χ0) is 16.6. The maximum absolute atomic E-state index is 12.8. The van der Waals surface area contributed by atoms with E-state index in [1.807, 2.05) is 19.1 Å². The molecule has 0 aliphatic carbocycles. The summed E-state index contributed by atoms with van der Waals surface area (Å²) in [5.41, 5.74) is 4.02. The largest absolute Gasteiger partial charge is 0.461 e. The quantitative estimate of drug-likeness (QED) is 0.650. The van der Waals surface area contributed by atoms with E-state index in [-0.39, 0.29) is 12.3 Å². The number of hydrogen-bond acceptors (Lipinski definition) is 6. The number of nitrogens with one attached hydrogen (secondary N) is 1. The number of imide groups is 1. The second-order valence-corrected chi connectivity index (χ2v) is 5.30. The summed E-state index contributed by atoms with van der Waals surface area (Å²) in [6, 6.07) is 6.40. The number of benzene rings is 1. The van der Waals surface area contributed by atoms with Crippen molar-refractivity contribution in [3.63, 3.8) is 0 Å². The number of aryl methyl sites for hydroxylation is 1. The molecule has 23 heavy (non-hydrogen) atoms. The molecule has 3 rings (SSSR count). The molecule has 2 aliphatic rings. The average molecular weight is 315 g/mol.